The molecule has 1 unspecified atom stereocenters. The molecule has 4 rings (SSSR count). The Balaban J connectivity index is 1.30. The summed E-state index contributed by atoms with van der Waals surface area (Å²) >= 11 is 1.79. The van der Waals surface area contributed by atoms with Gasteiger partial charge in [-0.05, 0) is 18.2 Å². The highest BCUT2D eigenvalue weighted by molar-refractivity contribution is 7.99. The summed E-state index contributed by atoms with van der Waals surface area (Å²) in [5.41, 5.74) is 2.38. The molecule has 2 aliphatic heterocycles. The van der Waals surface area contributed by atoms with Gasteiger partial charge in [0, 0.05) is 63.3 Å². The van der Waals surface area contributed by atoms with Gasteiger partial charge in [0.05, 0.1) is 0 Å². The van der Waals surface area contributed by atoms with Crippen molar-refractivity contribution < 1.29 is 9.53 Å². The lowest BCUT2D eigenvalue weighted by molar-refractivity contribution is 0.194. The van der Waals surface area contributed by atoms with Gasteiger partial charge in [0.1, 0.15) is 17.7 Å². The van der Waals surface area contributed by atoms with Gasteiger partial charge >= 0.3 is 6.03 Å². The van der Waals surface area contributed by atoms with Gasteiger partial charge in [0.2, 0.25) is 0 Å². The van der Waals surface area contributed by atoms with Crippen molar-refractivity contribution >= 4 is 23.5 Å². The molecule has 2 aromatic rings. The highest BCUT2D eigenvalue weighted by Crippen LogP contribution is 2.41. The molecule has 2 aliphatic rings. The van der Waals surface area contributed by atoms with Gasteiger partial charge in [0.15, 0.2) is 0 Å². The molecule has 0 aliphatic carbocycles. The number of hydrogen-bond acceptors (Lipinski definition) is 5. The van der Waals surface area contributed by atoms with E-state index in [1.807, 2.05) is 23.1 Å². The van der Waals surface area contributed by atoms with E-state index in [2.05, 4.69) is 51.5 Å². The van der Waals surface area contributed by atoms with Crippen molar-refractivity contribution in [3.05, 3.63) is 60.2 Å². The number of anilines is 1. The third-order valence-corrected chi connectivity index (χ3v) is 6.95. The number of carbonyl (C=O) groups is 1. The van der Waals surface area contributed by atoms with Crippen LogP contribution in [-0.4, -0.2) is 74.5 Å². The summed E-state index contributed by atoms with van der Waals surface area (Å²) in [5.74, 6) is 1.83. The Morgan fingerprint density at radius 3 is 2.53 bits per heavy atom. The zero-order valence-electron chi connectivity index (χ0n) is 17.5. The van der Waals surface area contributed by atoms with Crippen molar-refractivity contribution in [2.75, 3.05) is 63.6 Å². The maximum Gasteiger partial charge on any atom is 0.318 e. The number of nitrogens with zero attached hydrogens (tertiary/aromatic N) is 3. The maximum absolute atomic E-state index is 12.2. The normalized spacial score (nSPS) is 19.7. The molecule has 6 nitrogen and oxygen atoms in total. The number of para-hydroxylation sites is 2. The molecular weight excluding hydrogens is 396 g/mol. The SMILES string of the molecule is CNC(=O)N1CCSC1c1ccccc1OCCN1CCN(c2ccccc2)CC1. The molecule has 0 spiro atoms. The second-order valence-corrected chi connectivity index (χ2v) is 8.71. The van der Waals surface area contributed by atoms with Gasteiger partial charge < -0.3 is 19.9 Å². The van der Waals surface area contributed by atoms with Crippen LogP contribution >= 0.6 is 11.8 Å². The van der Waals surface area contributed by atoms with Crippen LogP contribution in [0.5, 0.6) is 5.75 Å². The van der Waals surface area contributed by atoms with Crippen LogP contribution < -0.4 is 15.0 Å². The lowest BCUT2D eigenvalue weighted by Gasteiger charge is -2.36. The Morgan fingerprint density at radius 1 is 1.03 bits per heavy atom. The summed E-state index contributed by atoms with van der Waals surface area (Å²) < 4.78 is 6.20. The maximum atomic E-state index is 12.2. The molecular formula is C23H30N4O2S. The molecule has 0 bridgehead atoms. The van der Waals surface area contributed by atoms with Gasteiger partial charge in [0.25, 0.3) is 0 Å². The molecule has 30 heavy (non-hydrogen) atoms. The first-order valence-electron chi connectivity index (χ1n) is 10.6. The van der Waals surface area contributed by atoms with E-state index in [4.69, 9.17) is 4.74 Å². The summed E-state index contributed by atoms with van der Waals surface area (Å²) in [6.45, 7) is 6.50. The minimum Gasteiger partial charge on any atom is -0.492 e. The molecule has 7 heteroatoms. The zero-order valence-corrected chi connectivity index (χ0v) is 18.3. The fourth-order valence-electron chi connectivity index (χ4n) is 4.05. The fraction of sp³-hybridized carbons (Fsp3) is 0.435. The average Bonchev–Trinajstić information content (AvgIpc) is 3.30. The van der Waals surface area contributed by atoms with Gasteiger partial charge in [-0.25, -0.2) is 4.79 Å². The minimum absolute atomic E-state index is 0.00978. The van der Waals surface area contributed by atoms with Gasteiger partial charge in [-0.15, -0.1) is 11.8 Å². The lowest BCUT2D eigenvalue weighted by Crippen LogP contribution is -2.47. The molecule has 0 saturated carbocycles. The van der Waals surface area contributed by atoms with Crippen LogP contribution in [0.25, 0.3) is 0 Å². The molecule has 0 aromatic heterocycles. The Labute approximate surface area is 183 Å². The number of urea groups is 1. The monoisotopic (exact) mass is 426 g/mol. The first kappa shape index (κ1) is 20.9. The van der Waals surface area contributed by atoms with Crippen molar-refractivity contribution in [1.82, 2.24) is 15.1 Å². The van der Waals surface area contributed by atoms with Crippen molar-refractivity contribution in [2.45, 2.75) is 5.37 Å². The van der Waals surface area contributed by atoms with E-state index in [0.29, 0.717) is 6.61 Å². The number of rotatable bonds is 6. The molecule has 2 amide bonds. The van der Waals surface area contributed by atoms with Crippen LogP contribution in [0.15, 0.2) is 54.6 Å². The minimum atomic E-state index is -0.0314. The zero-order chi connectivity index (χ0) is 20.8. The van der Waals surface area contributed by atoms with Crippen LogP contribution in [0.3, 0.4) is 0 Å². The predicted octanol–water partition coefficient (Wildman–Crippen LogP) is 3.27. The summed E-state index contributed by atoms with van der Waals surface area (Å²) in [7, 11) is 1.68. The summed E-state index contributed by atoms with van der Waals surface area (Å²) in [5, 5.41) is 2.76. The van der Waals surface area contributed by atoms with Crippen LogP contribution in [-0.2, 0) is 0 Å². The Morgan fingerprint density at radius 2 is 1.77 bits per heavy atom. The van der Waals surface area contributed by atoms with Crippen molar-refractivity contribution in [3.63, 3.8) is 0 Å². The predicted molar refractivity (Wildman–Crippen MR) is 123 cm³/mol. The number of amides is 2. The second-order valence-electron chi connectivity index (χ2n) is 7.52. The number of thioether (sulfide) groups is 1. The number of nitrogens with one attached hydrogen (secondary N) is 1. The lowest BCUT2D eigenvalue weighted by atomic mass is 10.2. The van der Waals surface area contributed by atoms with E-state index < -0.39 is 0 Å². The summed E-state index contributed by atoms with van der Waals surface area (Å²) in [6, 6.07) is 18.7. The van der Waals surface area contributed by atoms with Gasteiger partial charge in [-0.2, -0.15) is 0 Å². The largest absolute Gasteiger partial charge is 0.492 e. The quantitative estimate of drug-likeness (QED) is 0.768. The number of benzene rings is 2. The summed E-state index contributed by atoms with van der Waals surface area (Å²) in [4.78, 5) is 19.0. The van der Waals surface area contributed by atoms with E-state index in [1.54, 1.807) is 18.8 Å². The number of ether oxygens (including phenoxy) is 1. The van der Waals surface area contributed by atoms with E-state index in [0.717, 1.165) is 56.3 Å². The van der Waals surface area contributed by atoms with Crippen molar-refractivity contribution in [3.8, 4) is 5.75 Å². The van der Waals surface area contributed by atoms with E-state index >= 15 is 0 Å². The molecule has 1 atom stereocenters. The second kappa shape index (κ2) is 10.1. The Hall–Kier alpha value is -2.38. The van der Waals surface area contributed by atoms with E-state index in [1.165, 1.54) is 5.69 Å². The molecule has 0 radical (unpaired) electrons. The molecule has 2 saturated heterocycles. The van der Waals surface area contributed by atoms with Gasteiger partial charge in [-0.3, -0.25) is 4.90 Å². The number of piperazine rings is 1. The first-order valence-corrected chi connectivity index (χ1v) is 11.6. The van der Waals surface area contributed by atoms with Crippen molar-refractivity contribution in [1.29, 1.82) is 0 Å². The Kier molecular flexibility index (Phi) is 7.02. The highest BCUT2D eigenvalue weighted by atomic mass is 32.2. The molecule has 160 valence electrons. The Bertz CT molecular complexity index is 827. The summed E-state index contributed by atoms with van der Waals surface area (Å²) in [6.07, 6.45) is 0. The third kappa shape index (κ3) is 4.84. The fourth-order valence-corrected chi connectivity index (χ4v) is 5.33. The first-order chi connectivity index (χ1) is 14.8. The molecule has 2 heterocycles. The van der Waals surface area contributed by atoms with Crippen LogP contribution in [0.4, 0.5) is 10.5 Å². The molecule has 1 N–H and O–H groups in total. The van der Waals surface area contributed by atoms with Crippen LogP contribution in [0.1, 0.15) is 10.9 Å². The van der Waals surface area contributed by atoms with Crippen molar-refractivity contribution in [2.24, 2.45) is 0 Å². The van der Waals surface area contributed by atoms with E-state index in [-0.39, 0.29) is 11.4 Å². The van der Waals surface area contributed by atoms with Crippen LogP contribution in [0, 0.1) is 0 Å². The number of carbonyl (C=O) groups excluding carboxylic acids is 1. The highest BCUT2D eigenvalue weighted by Gasteiger charge is 2.32. The number of hydrogen-bond donors (Lipinski definition) is 1. The molecule has 2 fully saturated rings. The van der Waals surface area contributed by atoms with E-state index in [9.17, 15) is 4.79 Å². The van der Waals surface area contributed by atoms with Crippen LogP contribution in [0.2, 0.25) is 0 Å². The third-order valence-electron chi connectivity index (χ3n) is 5.71. The topological polar surface area (TPSA) is 48.1 Å². The molecule has 2 aromatic carbocycles. The smallest absolute Gasteiger partial charge is 0.318 e. The average molecular weight is 427 g/mol. The van der Waals surface area contributed by atoms with Gasteiger partial charge in [-0.1, -0.05) is 36.4 Å². The standard InChI is InChI=1S/C23H30N4O2S/c1-24-23(28)27-16-18-30-22(27)20-9-5-6-10-21(20)29-17-15-25-11-13-26(14-12-25)19-7-3-2-4-8-19/h2-10,22H,11-18H2,1H3,(H,24,28).